The Hall–Kier alpha value is -1.02. The van der Waals surface area contributed by atoms with Gasteiger partial charge in [0.25, 0.3) is 0 Å². The fraction of sp³-hybridized carbons (Fsp3) is 0.600. The van der Waals surface area contributed by atoms with Crippen molar-refractivity contribution in [3.63, 3.8) is 0 Å². The lowest BCUT2D eigenvalue weighted by atomic mass is 9.88. The van der Waals surface area contributed by atoms with Crippen molar-refractivity contribution in [2.45, 2.75) is 52.2 Å². The molecule has 2 heteroatoms. The molecule has 1 saturated carbocycles. The number of rotatable bonds is 3. The zero-order chi connectivity index (χ0) is 12.5. The van der Waals surface area contributed by atoms with Gasteiger partial charge in [-0.1, -0.05) is 32.9 Å². The smallest absolute Gasteiger partial charge is 0.119 e. The summed E-state index contributed by atoms with van der Waals surface area (Å²) in [5.74, 6) is 0.972. The zero-order valence-electron chi connectivity index (χ0n) is 11.1. The Labute approximate surface area is 104 Å². The highest BCUT2D eigenvalue weighted by Gasteiger charge is 2.27. The van der Waals surface area contributed by atoms with Gasteiger partial charge in [0.15, 0.2) is 0 Å². The monoisotopic (exact) mass is 233 g/mol. The minimum absolute atomic E-state index is 0.332. The average Bonchev–Trinajstić information content (AvgIpc) is 2.16. The van der Waals surface area contributed by atoms with Gasteiger partial charge >= 0.3 is 0 Å². The first kappa shape index (κ1) is 12.4. The van der Waals surface area contributed by atoms with Gasteiger partial charge in [-0.2, -0.15) is 0 Å². The van der Waals surface area contributed by atoms with Crippen LogP contribution in [0.5, 0.6) is 5.75 Å². The van der Waals surface area contributed by atoms with Crippen LogP contribution in [0.4, 0.5) is 0 Å². The SMILES string of the molecule is CC(C)(C)Cc1ccc(O[C@H]2C[C@@H](N)C2)cc1. The highest BCUT2D eigenvalue weighted by Crippen LogP contribution is 2.26. The molecule has 0 saturated heterocycles. The van der Waals surface area contributed by atoms with Crippen LogP contribution >= 0.6 is 0 Å². The minimum Gasteiger partial charge on any atom is -0.490 e. The Morgan fingerprint density at radius 2 is 1.76 bits per heavy atom. The van der Waals surface area contributed by atoms with E-state index in [0.717, 1.165) is 25.0 Å². The van der Waals surface area contributed by atoms with Crippen LogP contribution in [0.2, 0.25) is 0 Å². The van der Waals surface area contributed by atoms with Gasteiger partial charge in [0.05, 0.1) is 0 Å². The molecular formula is C15H23NO. The Morgan fingerprint density at radius 1 is 1.18 bits per heavy atom. The van der Waals surface area contributed by atoms with Crippen LogP contribution in [0, 0.1) is 5.41 Å². The van der Waals surface area contributed by atoms with Gasteiger partial charge < -0.3 is 10.5 Å². The molecule has 0 unspecified atom stereocenters. The summed E-state index contributed by atoms with van der Waals surface area (Å²) in [6.45, 7) is 6.77. The van der Waals surface area contributed by atoms with E-state index >= 15 is 0 Å². The molecule has 0 heterocycles. The summed E-state index contributed by atoms with van der Waals surface area (Å²) in [7, 11) is 0. The van der Waals surface area contributed by atoms with E-state index in [0.29, 0.717) is 17.6 Å². The number of benzene rings is 1. The summed E-state index contributed by atoms with van der Waals surface area (Å²) < 4.78 is 5.83. The molecule has 1 aliphatic rings. The molecule has 0 bridgehead atoms. The summed E-state index contributed by atoms with van der Waals surface area (Å²) >= 11 is 0. The molecule has 0 amide bonds. The van der Waals surface area contributed by atoms with E-state index in [2.05, 4.69) is 45.0 Å². The number of ether oxygens (including phenoxy) is 1. The van der Waals surface area contributed by atoms with Crippen LogP contribution in [0.3, 0.4) is 0 Å². The normalized spacial score (nSPS) is 24.2. The lowest BCUT2D eigenvalue weighted by Gasteiger charge is -2.32. The number of hydrogen-bond donors (Lipinski definition) is 1. The van der Waals surface area contributed by atoms with Crippen LogP contribution in [-0.4, -0.2) is 12.1 Å². The molecule has 1 aromatic rings. The summed E-state index contributed by atoms with van der Waals surface area (Å²) in [4.78, 5) is 0. The summed E-state index contributed by atoms with van der Waals surface area (Å²) in [5.41, 5.74) is 7.44. The molecule has 0 aromatic heterocycles. The highest BCUT2D eigenvalue weighted by atomic mass is 16.5. The minimum atomic E-state index is 0.332. The third kappa shape index (κ3) is 3.74. The second kappa shape index (κ2) is 4.69. The molecule has 0 aliphatic heterocycles. The van der Waals surface area contributed by atoms with Gasteiger partial charge in [-0.25, -0.2) is 0 Å². The van der Waals surface area contributed by atoms with Crippen LogP contribution in [0.1, 0.15) is 39.2 Å². The summed E-state index contributed by atoms with van der Waals surface area (Å²) in [6, 6.07) is 8.83. The van der Waals surface area contributed by atoms with Crippen molar-refractivity contribution in [3.8, 4) is 5.75 Å². The Morgan fingerprint density at radius 3 is 2.24 bits per heavy atom. The maximum absolute atomic E-state index is 5.83. The lowest BCUT2D eigenvalue weighted by molar-refractivity contribution is 0.101. The molecule has 1 aliphatic carbocycles. The van der Waals surface area contributed by atoms with Crippen molar-refractivity contribution in [2.24, 2.45) is 11.1 Å². The molecule has 0 atom stereocenters. The standard InChI is InChI=1S/C15H23NO/c1-15(2,3)10-11-4-6-13(7-5-11)17-14-8-12(16)9-14/h4-7,12,14H,8-10,16H2,1-3H3/t12-,14+. The van der Waals surface area contributed by atoms with Crippen LogP contribution in [0.25, 0.3) is 0 Å². The van der Waals surface area contributed by atoms with Gasteiger partial charge in [-0.15, -0.1) is 0 Å². The van der Waals surface area contributed by atoms with E-state index in [4.69, 9.17) is 10.5 Å². The van der Waals surface area contributed by atoms with Crippen molar-refractivity contribution in [2.75, 3.05) is 0 Å². The van der Waals surface area contributed by atoms with E-state index < -0.39 is 0 Å². The van der Waals surface area contributed by atoms with Crippen molar-refractivity contribution in [3.05, 3.63) is 29.8 Å². The third-order valence-corrected chi connectivity index (χ3v) is 3.09. The topological polar surface area (TPSA) is 35.2 Å². The highest BCUT2D eigenvalue weighted by molar-refractivity contribution is 5.28. The predicted molar refractivity (Wildman–Crippen MR) is 71.2 cm³/mol. The van der Waals surface area contributed by atoms with E-state index in [1.54, 1.807) is 0 Å². The van der Waals surface area contributed by atoms with Crippen molar-refractivity contribution in [1.82, 2.24) is 0 Å². The maximum Gasteiger partial charge on any atom is 0.119 e. The molecule has 94 valence electrons. The molecule has 2 rings (SSSR count). The number of nitrogens with two attached hydrogens (primary N) is 1. The van der Waals surface area contributed by atoms with Crippen LogP contribution in [0.15, 0.2) is 24.3 Å². The summed E-state index contributed by atoms with van der Waals surface area (Å²) in [5, 5.41) is 0. The van der Waals surface area contributed by atoms with Gasteiger partial charge in [-0.3, -0.25) is 0 Å². The average molecular weight is 233 g/mol. The predicted octanol–water partition coefficient (Wildman–Crippen LogP) is 3.14. The third-order valence-electron chi connectivity index (χ3n) is 3.09. The first-order chi connectivity index (χ1) is 7.92. The maximum atomic E-state index is 5.83. The van der Waals surface area contributed by atoms with Gasteiger partial charge in [0, 0.05) is 6.04 Å². The van der Waals surface area contributed by atoms with E-state index in [1.165, 1.54) is 5.56 Å². The Kier molecular flexibility index (Phi) is 3.43. The largest absolute Gasteiger partial charge is 0.490 e. The van der Waals surface area contributed by atoms with Crippen molar-refractivity contribution >= 4 is 0 Å². The molecule has 2 nitrogen and oxygen atoms in total. The zero-order valence-corrected chi connectivity index (χ0v) is 11.1. The van der Waals surface area contributed by atoms with Gasteiger partial charge in [-0.05, 0) is 42.4 Å². The molecule has 2 N–H and O–H groups in total. The molecule has 0 spiro atoms. The fourth-order valence-electron chi connectivity index (χ4n) is 2.19. The Bertz CT molecular complexity index is 358. The first-order valence-electron chi connectivity index (χ1n) is 6.43. The summed E-state index contributed by atoms with van der Waals surface area (Å²) in [6.07, 6.45) is 3.41. The van der Waals surface area contributed by atoms with Crippen LogP contribution < -0.4 is 10.5 Å². The van der Waals surface area contributed by atoms with E-state index in [9.17, 15) is 0 Å². The first-order valence-corrected chi connectivity index (χ1v) is 6.43. The molecule has 1 aromatic carbocycles. The van der Waals surface area contributed by atoms with Gasteiger partial charge in [0.2, 0.25) is 0 Å². The quantitative estimate of drug-likeness (QED) is 0.870. The number of hydrogen-bond acceptors (Lipinski definition) is 2. The van der Waals surface area contributed by atoms with Gasteiger partial charge in [0.1, 0.15) is 11.9 Å². The molecule has 17 heavy (non-hydrogen) atoms. The van der Waals surface area contributed by atoms with E-state index in [1.807, 2.05) is 0 Å². The second-order valence-corrected chi connectivity index (χ2v) is 6.35. The lowest BCUT2D eigenvalue weighted by Crippen LogP contribution is -2.43. The molecular weight excluding hydrogens is 210 g/mol. The fourth-order valence-corrected chi connectivity index (χ4v) is 2.19. The van der Waals surface area contributed by atoms with Crippen molar-refractivity contribution < 1.29 is 4.74 Å². The second-order valence-electron chi connectivity index (χ2n) is 6.35. The van der Waals surface area contributed by atoms with Crippen LogP contribution in [-0.2, 0) is 6.42 Å². The molecule has 0 radical (unpaired) electrons. The van der Waals surface area contributed by atoms with E-state index in [-0.39, 0.29) is 0 Å². The molecule has 1 fully saturated rings. The Balaban J connectivity index is 1.89. The van der Waals surface area contributed by atoms with Crippen molar-refractivity contribution in [1.29, 1.82) is 0 Å².